The van der Waals surface area contributed by atoms with Gasteiger partial charge in [0, 0.05) is 17.8 Å². The number of anilines is 1. The van der Waals surface area contributed by atoms with Crippen LogP contribution in [0.4, 0.5) is 5.69 Å². The van der Waals surface area contributed by atoms with Crippen molar-refractivity contribution in [3.63, 3.8) is 0 Å². The molecule has 1 aliphatic carbocycles. The maximum Gasteiger partial charge on any atom is 0.275 e. The van der Waals surface area contributed by atoms with Gasteiger partial charge < -0.3 is 19.4 Å². The van der Waals surface area contributed by atoms with Gasteiger partial charge in [0.1, 0.15) is 11.2 Å². The first kappa shape index (κ1) is 23.7. The molecule has 3 heterocycles. The van der Waals surface area contributed by atoms with Crippen LogP contribution in [0.25, 0.3) is 10.2 Å². The molecule has 0 saturated heterocycles. The Morgan fingerprint density at radius 2 is 1.74 bits per heavy atom. The van der Waals surface area contributed by atoms with Gasteiger partial charge in [0.15, 0.2) is 11.5 Å². The minimum Gasteiger partial charge on any atom is -0.493 e. The Morgan fingerprint density at radius 1 is 1.03 bits per heavy atom. The second kappa shape index (κ2) is 9.57. The third-order valence-electron chi connectivity index (χ3n) is 7.46. The number of carbonyl (C=O) groups excluding carboxylic acids is 2. The SMILES string of the molecule is COc1ccc(N2C(=O)c3cc4sccc4n3C[C@]2(C)C(=O)NC2CCCCCCC2)cc1OC. The van der Waals surface area contributed by atoms with E-state index in [0.29, 0.717) is 29.4 Å². The van der Waals surface area contributed by atoms with Crippen LogP contribution in [0.1, 0.15) is 62.4 Å². The van der Waals surface area contributed by atoms with Gasteiger partial charge in [-0.1, -0.05) is 32.1 Å². The highest BCUT2D eigenvalue weighted by Gasteiger charge is 2.49. The van der Waals surface area contributed by atoms with Gasteiger partial charge >= 0.3 is 0 Å². The molecule has 1 fully saturated rings. The lowest BCUT2D eigenvalue weighted by molar-refractivity contribution is -0.127. The largest absolute Gasteiger partial charge is 0.493 e. The number of carbonyl (C=O) groups is 2. The lowest BCUT2D eigenvalue weighted by atomic mass is 9.91. The zero-order valence-electron chi connectivity index (χ0n) is 20.6. The number of nitrogens with one attached hydrogen (secondary N) is 1. The van der Waals surface area contributed by atoms with Crippen LogP contribution in [-0.4, -0.2) is 42.2 Å². The van der Waals surface area contributed by atoms with E-state index in [1.165, 1.54) is 19.3 Å². The number of hydrogen-bond acceptors (Lipinski definition) is 5. The maximum atomic E-state index is 14.0. The van der Waals surface area contributed by atoms with Gasteiger partial charge in [-0.05, 0) is 49.4 Å². The summed E-state index contributed by atoms with van der Waals surface area (Å²) in [5, 5.41) is 5.36. The predicted molar refractivity (Wildman–Crippen MR) is 139 cm³/mol. The van der Waals surface area contributed by atoms with Crippen molar-refractivity contribution in [2.24, 2.45) is 0 Å². The molecular weight excluding hydrogens is 462 g/mol. The van der Waals surface area contributed by atoms with E-state index >= 15 is 0 Å². The van der Waals surface area contributed by atoms with Crippen LogP contribution in [0.3, 0.4) is 0 Å². The third kappa shape index (κ3) is 4.18. The second-order valence-electron chi connectivity index (χ2n) is 9.76. The number of aromatic nitrogens is 1. The van der Waals surface area contributed by atoms with Crippen molar-refractivity contribution in [1.82, 2.24) is 9.88 Å². The van der Waals surface area contributed by atoms with E-state index in [4.69, 9.17) is 9.47 Å². The molecule has 2 aliphatic rings. The molecule has 1 saturated carbocycles. The average Bonchev–Trinajstić information content (AvgIpc) is 3.43. The lowest BCUT2D eigenvalue weighted by Gasteiger charge is -2.44. The number of thiophene rings is 1. The summed E-state index contributed by atoms with van der Waals surface area (Å²) in [7, 11) is 3.15. The summed E-state index contributed by atoms with van der Waals surface area (Å²) < 4.78 is 14.0. The molecule has 2 amide bonds. The van der Waals surface area contributed by atoms with E-state index in [1.54, 1.807) is 42.6 Å². The molecule has 0 bridgehead atoms. The van der Waals surface area contributed by atoms with E-state index in [1.807, 2.05) is 35.1 Å². The van der Waals surface area contributed by atoms with Crippen molar-refractivity contribution >= 4 is 39.1 Å². The fraction of sp³-hybridized carbons (Fsp3) is 0.481. The molecule has 7 nitrogen and oxygen atoms in total. The number of fused-ring (bicyclic) bond motifs is 3. The van der Waals surface area contributed by atoms with E-state index in [-0.39, 0.29) is 17.9 Å². The summed E-state index contributed by atoms with van der Waals surface area (Å²) in [4.78, 5) is 29.7. The Hall–Kier alpha value is -3.00. The van der Waals surface area contributed by atoms with E-state index < -0.39 is 5.54 Å². The standard InChI is InChI=1S/C27H33N3O4S/c1-27(26(32)28-18-9-7-5-4-6-8-10-18)17-29-20-13-14-35-24(20)16-21(29)25(31)30(27)19-11-12-22(33-2)23(15-19)34-3/h11-16,18H,4-10,17H2,1-3H3,(H,28,32)/t27-/m1/s1. The molecule has 0 radical (unpaired) electrons. The van der Waals surface area contributed by atoms with Gasteiger partial charge in [0.05, 0.1) is 31.0 Å². The first-order chi connectivity index (χ1) is 17.0. The number of nitrogens with zero attached hydrogens (tertiary/aromatic N) is 2. The molecule has 2 aromatic heterocycles. The quantitative estimate of drug-likeness (QED) is 0.517. The van der Waals surface area contributed by atoms with Gasteiger partial charge in [0.25, 0.3) is 5.91 Å². The topological polar surface area (TPSA) is 72.8 Å². The highest BCUT2D eigenvalue weighted by atomic mass is 32.1. The fourth-order valence-corrected chi connectivity index (χ4v) is 6.34. The van der Waals surface area contributed by atoms with Gasteiger partial charge in [-0.3, -0.25) is 14.5 Å². The van der Waals surface area contributed by atoms with Crippen LogP contribution in [0, 0.1) is 0 Å². The normalized spacial score (nSPS) is 21.3. The summed E-state index contributed by atoms with van der Waals surface area (Å²) in [6, 6.07) is 9.47. The number of ether oxygens (including phenoxy) is 2. The summed E-state index contributed by atoms with van der Waals surface area (Å²) in [6.07, 6.45) is 7.90. The summed E-state index contributed by atoms with van der Waals surface area (Å²) in [6.45, 7) is 2.25. The van der Waals surface area contributed by atoms with Crippen LogP contribution < -0.4 is 19.7 Å². The number of rotatable bonds is 5. The van der Waals surface area contributed by atoms with Crippen LogP contribution in [-0.2, 0) is 11.3 Å². The number of benzene rings is 1. The zero-order chi connectivity index (χ0) is 24.6. The molecule has 5 rings (SSSR count). The van der Waals surface area contributed by atoms with Crippen molar-refractivity contribution in [2.45, 2.75) is 70.0 Å². The first-order valence-electron chi connectivity index (χ1n) is 12.4. The number of hydrogen-bond donors (Lipinski definition) is 1. The Morgan fingerprint density at radius 3 is 2.46 bits per heavy atom. The second-order valence-corrected chi connectivity index (χ2v) is 10.7. The van der Waals surface area contributed by atoms with Crippen molar-refractivity contribution in [1.29, 1.82) is 0 Å². The van der Waals surface area contributed by atoms with Gasteiger partial charge in [0.2, 0.25) is 5.91 Å². The number of methoxy groups -OCH3 is 2. The minimum atomic E-state index is -1.11. The molecule has 35 heavy (non-hydrogen) atoms. The van der Waals surface area contributed by atoms with Crippen molar-refractivity contribution in [2.75, 3.05) is 19.1 Å². The monoisotopic (exact) mass is 495 g/mol. The highest BCUT2D eigenvalue weighted by Crippen LogP contribution is 2.40. The van der Waals surface area contributed by atoms with E-state index in [2.05, 4.69) is 5.32 Å². The molecule has 1 aromatic carbocycles. The number of amides is 2. The Labute approximate surface area is 210 Å². The van der Waals surface area contributed by atoms with Gasteiger partial charge in [-0.25, -0.2) is 0 Å². The molecule has 1 atom stereocenters. The van der Waals surface area contributed by atoms with Crippen LogP contribution >= 0.6 is 11.3 Å². The Bertz CT molecular complexity index is 1240. The third-order valence-corrected chi connectivity index (χ3v) is 8.31. The summed E-state index contributed by atoms with van der Waals surface area (Å²) in [5.74, 6) is 0.781. The molecule has 0 unspecified atom stereocenters. The zero-order valence-corrected chi connectivity index (χ0v) is 21.5. The average molecular weight is 496 g/mol. The van der Waals surface area contributed by atoms with E-state index in [9.17, 15) is 9.59 Å². The molecule has 1 aliphatic heterocycles. The molecule has 8 heteroatoms. The maximum absolute atomic E-state index is 14.0. The van der Waals surface area contributed by atoms with Crippen molar-refractivity contribution in [3.8, 4) is 11.5 Å². The van der Waals surface area contributed by atoms with Gasteiger partial charge in [-0.15, -0.1) is 11.3 Å². The molecule has 0 spiro atoms. The highest BCUT2D eigenvalue weighted by molar-refractivity contribution is 7.17. The lowest BCUT2D eigenvalue weighted by Crippen LogP contribution is -2.65. The Balaban J connectivity index is 1.57. The van der Waals surface area contributed by atoms with Crippen LogP contribution in [0.5, 0.6) is 11.5 Å². The van der Waals surface area contributed by atoms with Crippen molar-refractivity contribution in [3.05, 3.63) is 41.4 Å². The van der Waals surface area contributed by atoms with Gasteiger partial charge in [-0.2, -0.15) is 0 Å². The first-order valence-corrected chi connectivity index (χ1v) is 13.3. The molecule has 186 valence electrons. The minimum absolute atomic E-state index is 0.117. The smallest absolute Gasteiger partial charge is 0.275 e. The Kier molecular flexibility index (Phi) is 6.49. The predicted octanol–water partition coefficient (Wildman–Crippen LogP) is 5.37. The molecular formula is C27H33N3O4S. The van der Waals surface area contributed by atoms with Crippen LogP contribution in [0.2, 0.25) is 0 Å². The molecule has 3 aromatic rings. The van der Waals surface area contributed by atoms with E-state index in [0.717, 1.165) is 35.9 Å². The summed E-state index contributed by atoms with van der Waals surface area (Å²) in [5.41, 5.74) is 1.09. The van der Waals surface area contributed by atoms with Crippen molar-refractivity contribution < 1.29 is 19.1 Å². The summed E-state index contributed by atoms with van der Waals surface area (Å²) >= 11 is 1.60. The fourth-order valence-electron chi connectivity index (χ4n) is 5.52. The van der Waals surface area contributed by atoms with Crippen LogP contribution in [0.15, 0.2) is 35.7 Å². The molecule has 1 N–H and O–H groups in total.